The second kappa shape index (κ2) is 11.1. The first kappa shape index (κ1) is 31.5. The lowest BCUT2D eigenvalue weighted by Gasteiger charge is -2.37. The highest BCUT2D eigenvalue weighted by atomic mass is 32.1. The minimum atomic E-state index is -3.37. The number of anilines is 2. The lowest BCUT2D eigenvalue weighted by Crippen LogP contribution is -2.62. The van der Waals surface area contributed by atoms with Gasteiger partial charge in [0, 0.05) is 30.3 Å². The summed E-state index contributed by atoms with van der Waals surface area (Å²) < 4.78 is 4.97. The zero-order valence-electron chi connectivity index (χ0n) is 21.3. The Labute approximate surface area is 234 Å². The van der Waals surface area contributed by atoms with Gasteiger partial charge < -0.3 is 72.0 Å². The van der Waals surface area contributed by atoms with Gasteiger partial charge in [-0.25, -0.2) is 10.3 Å². The number of nitrogens with zero attached hydrogens (tertiary/aromatic N) is 1. The molecule has 17 nitrogen and oxygen atoms in total. The number of benzene rings is 2. The molecule has 0 aliphatic heterocycles. The first-order valence-corrected chi connectivity index (χ1v) is 12.1. The summed E-state index contributed by atoms with van der Waals surface area (Å²) in [6.07, 6.45) is -2.80. The smallest absolute Gasteiger partial charge is 0.294 e. The van der Waals surface area contributed by atoms with E-state index >= 15 is 0 Å². The van der Waals surface area contributed by atoms with Gasteiger partial charge in [0.05, 0.1) is 0 Å². The lowest BCUT2D eigenvalue weighted by atomic mass is 9.96. The fourth-order valence-electron chi connectivity index (χ4n) is 3.91. The van der Waals surface area contributed by atoms with E-state index in [1.54, 1.807) is 5.32 Å². The van der Waals surface area contributed by atoms with Gasteiger partial charge in [-0.2, -0.15) is 0 Å². The molecule has 1 amide bonds. The normalized spacial score (nSPS) is 13.3. The Bertz CT molecular complexity index is 1410. The number of phenolic OH excluding ortho intramolecular Hbond substituents is 4. The highest BCUT2D eigenvalue weighted by molar-refractivity contribution is 7.17. The second-order valence-corrected chi connectivity index (χ2v) is 9.93. The number of phenols is 4. The Morgan fingerprint density at radius 2 is 1.54 bits per heavy atom. The Balaban J connectivity index is 1.76. The minimum Gasteiger partial charge on any atom is -0.504 e. The van der Waals surface area contributed by atoms with Crippen molar-refractivity contribution in [1.29, 1.82) is 0 Å². The number of nitrogens with one attached hydrogen (secondary N) is 2. The average molecular weight is 601 g/mol. The summed E-state index contributed by atoms with van der Waals surface area (Å²) in [5, 5.41) is 115. The number of thiazole rings is 1. The molecule has 1 atom stereocenters. The maximum absolute atomic E-state index is 12.4. The van der Waals surface area contributed by atoms with Crippen LogP contribution in [-0.2, 0) is 21.7 Å². The van der Waals surface area contributed by atoms with Gasteiger partial charge in [0.2, 0.25) is 22.5 Å². The van der Waals surface area contributed by atoms with Crippen LogP contribution in [0.3, 0.4) is 0 Å². The Kier molecular flexibility index (Phi) is 8.56. The zero-order valence-corrected chi connectivity index (χ0v) is 22.1. The molecule has 1 heterocycles. The van der Waals surface area contributed by atoms with Crippen molar-refractivity contribution >= 4 is 28.1 Å². The van der Waals surface area contributed by atoms with Gasteiger partial charge in [0.25, 0.3) is 17.6 Å². The molecule has 0 fully saturated rings. The number of rotatable bonds is 10. The number of aromatic nitrogens is 1. The molecular formula is C23H28N4O13S. The molecule has 224 valence electrons. The minimum absolute atomic E-state index is 0.000591. The highest BCUT2D eigenvalue weighted by Gasteiger charge is 2.46. The number of amides is 1. The molecule has 0 aliphatic carbocycles. The van der Waals surface area contributed by atoms with E-state index in [1.807, 2.05) is 0 Å². The molecule has 0 saturated heterocycles. The van der Waals surface area contributed by atoms with Crippen LogP contribution in [0.15, 0.2) is 24.3 Å². The van der Waals surface area contributed by atoms with Gasteiger partial charge in [0.15, 0.2) is 28.4 Å². The summed E-state index contributed by atoms with van der Waals surface area (Å²) in [6, 6.07) is 4.95. The molecular weight excluding hydrogens is 572 g/mol. The van der Waals surface area contributed by atoms with Gasteiger partial charge >= 0.3 is 0 Å². The van der Waals surface area contributed by atoms with E-state index in [0.29, 0.717) is 11.3 Å². The molecule has 1 aromatic heterocycles. The lowest BCUT2D eigenvalue weighted by molar-refractivity contribution is -0.320. The van der Waals surface area contributed by atoms with Crippen LogP contribution in [0.5, 0.6) is 28.1 Å². The Hall–Kier alpha value is -3.98. The van der Waals surface area contributed by atoms with E-state index in [2.05, 4.69) is 10.3 Å². The summed E-state index contributed by atoms with van der Waals surface area (Å²) in [5.41, 5.74) is 3.80. The third-order valence-electron chi connectivity index (χ3n) is 5.87. The van der Waals surface area contributed by atoms with Crippen molar-refractivity contribution in [2.75, 3.05) is 18.2 Å². The van der Waals surface area contributed by atoms with Crippen LogP contribution in [0.25, 0.3) is 0 Å². The summed E-state index contributed by atoms with van der Waals surface area (Å²) >= 11 is 0.516. The quantitative estimate of drug-likeness (QED) is 0.0688. The van der Waals surface area contributed by atoms with Crippen LogP contribution in [0, 0.1) is 6.92 Å². The number of carbonyl (C=O) groups is 1. The number of nitrogens with two attached hydrogens (primary N) is 1. The molecule has 1 unspecified atom stereocenters. The van der Waals surface area contributed by atoms with Crippen molar-refractivity contribution in [3.05, 3.63) is 46.6 Å². The molecule has 3 rings (SSSR count). The number of methoxy groups -OCH3 is 1. The van der Waals surface area contributed by atoms with Gasteiger partial charge in [-0.15, -0.1) is 0 Å². The van der Waals surface area contributed by atoms with Gasteiger partial charge in [-0.1, -0.05) is 23.5 Å². The molecule has 3 aromatic rings. The fourth-order valence-corrected chi connectivity index (χ4v) is 4.53. The average Bonchev–Trinajstić information content (AvgIpc) is 3.22. The second-order valence-electron chi connectivity index (χ2n) is 8.92. The maximum Gasteiger partial charge on any atom is 0.294 e. The fraction of sp³-hybridized carbons (Fsp3) is 0.304. The first-order chi connectivity index (χ1) is 18.8. The Morgan fingerprint density at radius 1 is 0.976 bits per heavy atom. The van der Waals surface area contributed by atoms with Crippen molar-refractivity contribution in [2.45, 2.75) is 37.1 Å². The number of aliphatic hydroxyl groups is 6. The molecule has 0 radical (unpaired) electrons. The maximum atomic E-state index is 12.4. The molecule has 0 aliphatic rings. The van der Waals surface area contributed by atoms with Gasteiger partial charge in [0.1, 0.15) is 0 Å². The first-order valence-electron chi connectivity index (χ1n) is 11.3. The predicted molar refractivity (Wildman–Crippen MR) is 138 cm³/mol. The third-order valence-corrected chi connectivity index (χ3v) is 6.56. The summed E-state index contributed by atoms with van der Waals surface area (Å²) in [5.74, 6) is -15.4. The van der Waals surface area contributed by atoms with Crippen LogP contribution >= 0.6 is 11.3 Å². The van der Waals surface area contributed by atoms with Crippen molar-refractivity contribution in [3.8, 4) is 28.1 Å². The number of nitrogen functional groups attached to an aromatic ring is 1. The Morgan fingerprint density at radius 3 is 2.05 bits per heavy atom. The van der Waals surface area contributed by atoms with E-state index in [9.17, 15) is 61.0 Å². The topological polar surface area (TPSA) is 312 Å². The number of ether oxygens (including phenoxy) is 1. The highest BCUT2D eigenvalue weighted by Crippen LogP contribution is 2.50. The number of hydrogen-bond acceptors (Lipinski definition) is 17. The molecule has 0 spiro atoms. The van der Waals surface area contributed by atoms with E-state index in [0.717, 1.165) is 14.0 Å². The molecule has 15 N–H and O–H groups in total. The molecule has 18 heteroatoms. The molecule has 2 aromatic carbocycles. The number of hydrogen-bond donors (Lipinski definition) is 14. The number of aromatic hydroxyl groups is 5. The van der Waals surface area contributed by atoms with Crippen molar-refractivity contribution in [1.82, 2.24) is 10.3 Å². The van der Waals surface area contributed by atoms with Crippen molar-refractivity contribution in [2.24, 2.45) is 0 Å². The van der Waals surface area contributed by atoms with Crippen LogP contribution in [0.2, 0.25) is 0 Å². The number of carbonyl (C=O) groups excluding carboxylic acids is 1. The monoisotopic (exact) mass is 600 g/mol. The van der Waals surface area contributed by atoms with Crippen molar-refractivity contribution < 1.29 is 65.7 Å². The van der Waals surface area contributed by atoms with E-state index in [1.165, 1.54) is 24.3 Å². The molecule has 0 bridgehead atoms. The van der Waals surface area contributed by atoms with Crippen LogP contribution < -0.4 is 16.4 Å². The summed E-state index contributed by atoms with van der Waals surface area (Å²) in [7, 11) is 0.939. The van der Waals surface area contributed by atoms with Crippen LogP contribution in [0.1, 0.15) is 28.5 Å². The molecule has 0 saturated carbocycles. The SMILES string of the molecule is COC(c1c(C)c(O)c(O)c(O)c1O)C(O)(O)NC(O)(O)Cc1ccc(NC(=O)C(O)(O)c2nc(N)sc2O)cc1. The molecule has 41 heavy (non-hydrogen) atoms. The standard InChI is InChI=1S/C23H28N4O13S/c1-8-11(13(29)15(31)14(30)12(8)28)17(40-2)23(38,39)27-21(34,35)7-9-3-5-10(6-4-9)25-19(33)22(36,37)16-18(32)41-20(24)26-16/h3-6,17,27-32,34-39H,7H2,1-2H3,(H2,24,26)(H,25,33). The largest absolute Gasteiger partial charge is 0.504 e. The van der Waals surface area contributed by atoms with Crippen molar-refractivity contribution in [3.63, 3.8) is 0 Å². The van der Waals surface area contributed by atoms with Crippen LogP contribution in [0.4, 0.5) is 10.8 Å². The third kappa shape index (κ3) is 6.35. The van der Waals surface area contributed by atoms with Gasteiger partial charge in [-0.05, 0) is 24.6 Å². The summed E-state index contributed by atoms with van der Waals surface area (Å²) in [6.45, 7) is 1.14. The van der Waals surface area contributed by atoms with E-state index < -0.39 is 75.4 Å². The van der Waals surface area contributed by atoms with E-state index in [-0.39, 0.29) is 21.9 Å². The van der Waals surface area contributed by atoms with Gasteiger partial charge in [-0.3, -0.25) is 4.79 Å². The zero-order chi connectivity index (χ0) is 31.1. The summed E-state index contributed by atoms with van der Waals surface area (Å²) in [4.78, 5) is 15.9. The predicted octanol–water partition coefficient (Wildman–Crippen LogP) is -1.87. The van der Waals surface area contributed by atoms with E-state index in [4.69, 9.17) is 10.5 Å². The van der Waals surface area contributed by atoms with Crippen LogP contribution in [-0.4, -0.2) is 86.0 Å².